The summed E-state index contributed by atoms with van der Waals surface area (Å²) in [6.07, 6.45) is 17.5. The number of nitrogens with zero attached hydrogens (tertiary/aromatic N) is 1. The van der Waals surface area contributed by atoms with Gasteiger partial charge in [-0.25, -0.2) is 8.42 Å². The summed E-state index contributed by atoms with van der Waals surface area (Å²) in [7, 11) is -6.09. The minimum atomic E-state index is -6.09. The molecule has 27 heavy (non-hydrogen) atoms. The Hall–Kier alpha value is -0.340. The van der Waals surface area contributed by atoms with Crippen molar-refractivity contribution in [3.8, 4) is 0 Å². The predicted octanol–water partition coefficient (Wildman–Crippen LogP) is 5.59. The Bertz CT molecular complexity index is 456. The number of rotatable bonds is 11. The highest BCUT2D eigenvalue weighted by Crippen LogP contribution is 2.22. The number of alkyl halides is 3. The SMILES string of the molecule is CCCCCCCCCC[N+]1(CCC)CCCCC1.O=S(=O)([O-])C(F)(F)F. The third kappa shape index (κ3) is 12.7. The summed E-state index contributed by atoms with van der Waals surface area (Å²) in [6.45, 7) is 10.5. The van der Waals surface area contributed by atoms with E-state index in [2.05, 4.69) is 13.8 Å². The molecule has 0 unspecified atom stereocenters. The Kier molecular flexibility index (Phi) is 13.6. The number of quaternary nitrogens is 1. The molecule has 1 aliphatic rings. The molecule has 4 nitrogen and oxygen atoms in total. The van der Waals surface area contributed by atoms with E-state index < -0.39 is 15.6 Å². The molecule has 1 saturated heterocycles. The number of piperidine rings is 1. The maximum Gasteiger partial charge on any atom is 0.485 e. The second-order valence-electron chi connectivity index (χ2n) is 7.67. The molecule has 0 aliphatic carbocycles. The highest BCUT2D eigenvalue weighted by molar-refractivity contribution is 7.86. The molecule has 0 radical (unpaired) electrons. The van der Waals surface area contributed by atoms with Gasteiger partial charge in [0.25, 0.3) is 0 Å². The van der Waals surface area contributed by atoms with Crippen LogP contribution in [0.15, 0.2) is 0 Å². The van der Waals surface area contributed by atoms with Gasteiger partial charge < -0.3 is 9.04 Å². The lowest BCUT2D eigenvalue weighted by Gasteiger charge is -2.41. The Morgan fingerprint density at radius 2 is 1.22 bits per heavy atom. The molecule has 0 aromatic rings. The van der Waals surface area contributed by atoms with Crippen molar-refractivity contribution < 1.29 is 30.6 Å². The zero-order valence-electron chi connectivity index (χ0n) is 17.0. The van der Waals surface area contributed by atoms with E-state index in [0.29, 0.717) is 0 Å². The molecular formula is C19H38F3NO3S. The zero-order chi connectivity index (χ0) is 20.8. The molecule has 1 aliphatic heterocycles. The lowest BCUT2D eigenvalue weighted by atomic mass is 10.0. The molecule has 0 N–H and O–H groups in total. The van der Waals surface area contributed by atoms with Gasteiger partial charge in [-0.3, -0.25) is 0 Å². The van der Waals surface area contributed by atoms with Gasteiger partial charge in [0.1, 0.15) is 0 Å². The van der Waals surface area contributed by atoms with Crippen LogP contribution in [0.5, 0.6) is 0 Å². The van der Waals surface area contributed by atoms with Crippen molar-refractivity contribution >= 4 is 10.1 Å². The van der Waals surface area contributed by atoms with Gasteiger partial charge in [0.2, 0.25) is 0 Å². The van der Waals surface area contributed by atoms with Gasteiger partial charge >= 0.3 is 5.51 Å². The van der Waals surface area contributed by atoms with Crippen LogP contribution in [-0.2, 0) is 10.1 Å². The number of unbranched alkanes of at least 4 members (excludes halogenated alkanes) is 7. The van der Waals surface area contributed by atoms with E-state index in [1.54, 1.807) is 0 Å². The van der Waals surface area contributed by atoms with Gasteiger partial charge in [0.05, 0.1) is 26.2 Å². The number of hydrogen-bond acceptors (Lipinski definition) is 3. The van der Waals surface area contributed by atoms with Crippen LogP contribution < -0.4 is 0 Å². The third-order valence-electron chi connectivity index (χ3n) is 5.23. The Balaban J connectivity index is 0.000000713. The fourth-order valence-electron chi connectivity index (χ4n) is 3.80. The van der Waals surface area contributed by atoms with Crippen LogP contribution in [0.2, 0.25) is 0 Å². The summed E-state index contributed by atoms with van der Waals surface area (Å²) >= 11 is 0. The number of likely N-dealkylation sites (tertiary alicyclic amines) is 1. The van der Waals surface area contributed by atoms with Crippen LogP contribution in [0.1, 0.15) is 90.9 Å². The second-order valence-corrected chi connectivity index (χ2v) is 9.04. The van der Waals surface area contributed by atoms with Crippen LogP contribution >= 0.6 is 0 Å². The lowest BCUT2D eigenvalue weighted by molar-refractivity contribution is -0.932. The highest BCUT2D eigenvalue weighted by atomic mass is 32.2. The molecule has 8 heteroatoms. The number of halogens is 3. The maximum atomic E-state index is 10.7. The molecule has 1 rings (SSSR count). The van der Waals surface area contributed by atoms with E-state index in [9.17, 15) is 13.2 Å². The van der Waals surface area contributed by atoms with E-state index >= 15 is 0 Å². The Labute approximate surface area is 163 Å². The summed E-state index contributed by atoms with van der Waals surface area (Å²) in [4.78, 5) is 0. The summed E-state index contributed by atoms with van der Waals surface area (Å²) < 4.78 is 60.4. The summed E-state index contributed by atoms with van der Waals surface area (Å²) in [5.41, 5.74) is -5.65. The molecule has 0 aromatic heterocycles. The molecule has 0 amide bonds. The molecular weight excluding hydrogens is 379 g/mol. The van der Waals surface area contributed by atoms with Crippen LogP contribution in [0, 0.1) is 0 Å². The van der Waals surface area contributed by atoms with Crippen LogP contribution in [0.25, 0.3) is 0 Å². The van der Waals surface area contributed by atoms with Crippen molar-refractivity contribution in [1.29, 1.82) is 0 Å². The molecule has 0 atom stereocenters. The molecule has 164 valence electrons. The molecule has 0 saturated carbocycles. The van der Waals surface area contributed by atoms with Gasteiger partial charge in [-0.15, -0.1) is 0 Å². The maximum absolute atomic E-state index is 10.7. The van der Waals surface area contributed by atoms with E-state index in [1.807, 2.05) is 0 Å². The first-order valence-corrected chi connectivity index (χ1v) is 11.9. The van der Waals surface area contributed by atoms with Crippen molar-refractivity contribution in [3.63, 3.8) is 0 Å². The summed E-state index contributed by atoms with van der Waals surface area (Å²) in [5.74, 6) is 0. The van der Waals surface area contributed by atoms with E-state index in [4.69, 9.17) is 13.0 Å². The molecule has 0 spiro atoms. The lowest BCUT2D eigenvalue weighted by Crippen LogP contribution is -2.52. The first kappa shape index (κ1) is 26.7. The molecule has 1 fully saturated rings. The van der Waals surface area contributed by atoms with Crippen LogP contribution in [0.4, 0.5) is 13.2 Å². The average molecular weight is 418 g/mol. The van der Waals surface area contributed by atoms with Gasteiger partial charge in [0.15, 0.2) is 10.1 Å². The Morgan fingerprint density at radius 3 is 1.63 bits per heavy atom. The zero-order valence-corrected chi connectivity index (χ0v) is 17.8. The second kappa shape index (κ2) is 13.8. The summed E-state index contributed by atoms with van der Waals surface area (Å²) in [5, 5.41) is 0. The van der Waals surface area contributed by atoms with Gasteiger partial charge in [-0.1, -0.05) is 52.4 Å². The van der Waals surface area contributed by atoms with Crippen LogP contribution in [0.3, 0.4) is 0 Å². The van der Waals surface area contributed by atoms with Crippen molar-refractivity contribution in [2.24, 2.45) is 0 Å². The average Bonchev–Trinajstić information content (AvgIpc) is 2.57. The van der Waals surface area contributed by atoms with Crippen molar-refractivity contribution in [2.75, 3.05) is 26.2 Å². The van der Waals surface area contributed by atoms with Gasteiger partial charge in [0, 0.05) is 0 Å². The monoisotopic (exact) mass is 417 g/mol. The quantitative estimate of drug-likeness (QED) is 0.191. The normalized spacial score (nSPS) is 17.3. The van der Waals surface area contributed by atoms with Crippen molar-refractivity contribution in [1.82, 2.24) is 0 Å². The smallest absolute Gasteiger partial charge is 0.485 e. The van der Waals surface area contributed by atoms with E-state index in [-0.39, 0.29) is 0 Å². The van der Waals surface area contributed by atoms with Gasteiger partial charge in [-0.05, 0) is 38.5 Å². The largest absolute Gasteiger partial charge is 0.741 e. The fraction of sp³-hybridized carbons (Fsp3) is 1.00. The van der Waals surface area contributed by atoms with E-state index in [0.717, 1.165) is 0 Å². The standard InChI is InChI=1S/C18H38N.CHF3O3S/c1-3-5-6-7-8-9-10-12-16-19(15-4-2)17-13-11-14-18-19;2-1(3,4)8(5,6)7/h3-18H2,1-2H3;(H,5,6,7)/q+1;/p-1. The predicted molar refractivity (Wildman–Crippen MR) is 102 cm³/mol. The minimum absolute atomic E-state index is 1.37. The molecule has 0 bridgehead atoms. The fourth-order valence-corrected chi connectivity index (χ4v) is 3.80. The molecule has 1 heterocycles. The Morgan fingerprint density at radius 1 is 0.778 bits per heavy atom. The first-order valence-electron chi connectivity index (χ1n) is 10.5. The summed E-state index contributed by atoms with van der Waals surface area (Å²) in [6, 6.07) is 0. The minimum Gasteiger partial charge on any atom is -0.741 e. The van der Waals surface area contributed by atoms with E-state index in [1.165, 1.54) is 108 Å². The number of hydrogen-bond donors (Lipinski definition) is 0. The van der Waals surface area contributed by atoms with Crippen LogP contribution in [-0.4, -0.2) is 49.1 Å². The van der Waals surface area contributed by atoms with Crippen molar-refractivity contribution in [3.05, 3.63) is 0 Å². The van der Waals surface area contributed by atoms with Crippen molar-refractivity contribution in [2.45, 2.75) is 96.4 Å². The first-order chi connectivity index (χ1) is 12.6. The topological polar surface area (TPSA) is 57.2 Å². The molecule has 0 aromatic carbocycles. The van der Waals surface area contributed by atoms with Gasteiger partial charge in [-0.2, -0.15) is 13.2 Å². The highest BCUT2D eigenvalue weighted by Gasteiger charge is 2.36. The third-order valence-corrected chi connectivity index (χ3v) is 5.80.